The minimum Gasteiger partial charge on any atom is -0.443 e. The topological polar surface area (TPSA) is 106 Å². The second kappa shape index (κ2) is 8.26. The number of ether oxygens (including phenoxy) is 2. The number of amides is 2. The van der Waals surface area contributed by atoms with Crippen LogP contribution in [0, 0.1) is 0 Å². The Morgan fingerprint density at radius 3 is 2.14 bits per heavy atom. The fourth-order valence-corrected chi connectivity index (χ4v) is 2.37. The third-order valence-electron chi connectivity index (χ3n) is 3.66. The number of azo groups is 1. The number of hydrogen-bond donors (Lipinski definition) is 0. The number of imide groups is 1. The highest BCUT2D eigenvalue weighted by Crippen LogP contribution is 2.27. The Labute approximate surface area is 171 Å². The Bertz CT molecular complexity index is 780. The van der Waals surface area contributed by atoms with Gasteiger partial charge in [-0.15, -0.1) is 5.11 Å². The normalized spacial score (nSPS) is 18.9. The number of nitrogens with zero attached hydrogens (tertiary/aromatic N) is 5. The summed E-state index contributed by atoms with van der Waals surface area (Å²) in [6, 6.07) is 3.63. The summed E-state index contributed by atoms with van der Waals surface area (Å²) in [6.45, 7) is 12.2. The van der Waals surface area contributed by atoms with Gasteiger partial charge in [0.15, 0.2) is 11.5 Å². The molecule has 0 N–H and O–H groups in total. The predicted molar refractivity (Wildman–Crippen MR) is 108 cm³/mol. The highest BCUT2D eigenvalue weighted by atomic mass is 16.6. The predicted octanol–water partition coefficient (Wildman–Crippen LogP) is 4.57. The van der Waals surface area contributed by atoms with Crippen LogP contribution in [-0.4, -0.2) is 51.3 Å². The maximum Gasteiger partial charge on any atom is 0.419 e. The first-order valence-electron chi connectivity index (χ1n) is 9.45. The summed E-state index contributed by atoms with van der Waals surface area (Å²) in [5, 5.41) is 8.36. The van der Waals surface area contributed by atoms with Gasteiger partial charge in [-0.25, -0.2) is 19.5 Å². The van der Waals surface area contributed by atoms with Crippen LogP contribution in [0.25, 0.3) is 0 Å². The molecule has 0 saturated carbocycles. The van der Waals surface area contributed by atoms with Crippen LogP contribution in [0.1, 0.15) is 60.5 Å². The molecule has 158 valence electrons. The van der Waals surface area contributed by atoms with Crippen molar-refractivity contribution in [2.45, 2.75) is 71.8 Å². The van der Waals surface area contributed by atoms with E-state index in [1.54, 1.807) is 66.9 Å². The van der Waals surface area contributed by atoms with Crippen LogP contribution in [0.15, 0.2) is 39.7 Å². The van der Waals surface area contributed by atoms with E-state index in [1.807, 2.05) is 6.07 Å². The van der Waals surface area contributed by atoms with Crippen LogP contribution in [-0.2, 0) is 9.47 Å². The molecule has 29 heavy (non-hydrogen) atoms. The minimum absolute atomic E-state index is 0.0170. The molecule has 1 aromatic heterocycles. The number of rotatable bonds is 4. The number of amidine groups is 1. The molecule has 0 radical (unpaired) electrons. The van der Waals surface area contributed by atoms with Crippen molar-refractivity contribution in [3.8, 4) is 0 Å². The highest BCUT2D eigenvalue weighted by Gasteiger charge is 2.35. The standard InChI is InChI=1S/C20H29N5O4/c1-18(2,3)28-16(26)25(17(27)29-19(4,5)6)12-10-20(7)22-15(23-24-20)14-9-8-11-21-13-14/h8-9,11,13H,10,12H2,1-7H3. The molecule has 0 bridgehead atoms. The first kappa shape index (κ1) is 22.4. The van der Waals surface area contributed by atoms with E-state index in [0.29, 0.717) is 5.84 Å². The van der Waals surface area contributed by atoms with Crippen molar-refractivity contribution in [2.24, 2.45) is 15.2 Å². The molecule has 2 heterocycles. The van der Waals surface area contributed by atoms with E-state index in [1.165, 1.54) is 0 Å². The van der Waals surface area contributed by atoms with E-state index in [2.05, 4.69) is 20.2 Å². The Hall–Kier alpha value is -2.84. The Morgan fingerprint density at radius 2 is 1.66 bits per heavy atom. The fourth-order valence-electron chi connectivity index (χ4n) is 2.37. The smallest absolute Gasteiger partial charge is 0.419 e. The maximum absolute atomic E-state index is 12.6. The Balaban J connectivity index is 2.14. The summed E-state index contributed by atoms with van der Waals surface area (Å²) < 4.78 is 10.7. The molecule has 1 aromatic rings. The molecule has 2 rings (SSSR count). The lowest BCUT2D eigenvalue weighted by Gasteiger charge is -2.29. The summed E-state index contributed by atoms with van der Waals surface area (Å²) in [5.41, 5.74) is -1.66. The monoisotopic (exact) mass is 403 g/mol. The van der Waals surface area contributed by atoms with Crippen molar-refractivity contribution < 1.29 is 19.1 Å². The van der Waals surface area contributed by atoms with Crippen molar-refractivity contribution in [3.05, 3.63) is 30.1 Å². The van der Waals surface area contributed by atoms with Gasteiger partial charge in [0.05, 0.1) is 0 Å². The van der Waals surface area contributed by atoms with Crippen LogP contribution < -0.4 is 0 Å². The Kier molecular flexibility index (Phi) is 6.40. The SMILES string of the molecule is CC1(CCN(C(=O)OC(C)(C)C)C(=O)OC(C)(C)C)N=NC(c2cccnc2)=N1. The second-order valence-electron chi connectivity index (χ2n) is 8.96. The molecule has 1 aliphatic rings. The molecule has 1 atom stereocenters. The zero-order valence-electron chi connectivity index (χ0n) is 18.1. The van der Waals surface area contributed by atoms with Crippen molar-refractivity contribution in [2.75, 3.05) is 6.54 Å². The molecule has 0 spiro atoms. The largest absolute Gasteiger partial charge is 0.443 e. The lowest BCUT2D eigenvalue weighted by molar-refractivity contribution is 0.000532. The van der Waals surface area contributed by atoms with Gasteiger partial charge in [-0.1, -0.05) is 0 Å². The highest BCUT2D eigenvalue weighted by molar-refractivity contribution is 5.99. The van der Waals surface area contributed by atoms with E-state index >= 15 is 0 Å². The maximum atomic E-state index is 12.6. The number of hydrogen-bond acceptors (Lipinski definition) is 8. The molecular formula is C20H29N5O4. The van der Waals surface area contributed by atoms with E-state index in [-0.39, 0.29) is 13.0 Å². The summed E-state index contributed by atoms with van der Waals surface area (Å²) in [7, 11) is 0. The Morgan fingerprint density at radius 1 is 1.07 bits per heavy atom. The zero-order chi connectivity index (χ0) is 21.9. The average Bonchev–Trinajstić information content (AvgIpc) is 2.95. The first-order chi connectivity index (χ1) is 13.3. The lowest BCUT2D eigenvalue weighted by atomic mass is 10.1. The molecule has 0 saturated heterocycles. The van der Waals surface area contributed by atoms with Gasteiger partial charge in [0.1, 0.15) is 11.2 Å². The van der Waals surface area contributed by atoms with Gasteiger partial charge in [-0.05, 0) is 60.6 Å². The number of carbonyl (C=O) groups is 2. The number of carbonyl (C=O) groups excluding carboxylic acids is 2. The molecule has 0 fully saturated rings. The molecule has 9 heteroatoms. The van der Waals surface area contributed by atoms with Gasteiger partial charge >= 0.3 is 12.2 Å². The lowest BCUT2D eigenvalue weighted by Crippen LogP contribution is -2.45. The van der Waals surface area contributed by atoms with Gasteiger partial charge < -0.3 is 9.47 Å². The van der Waals surface area contributed by atoms with Gasteiger partial charge in [0.25, 0.3) is 0 Å². The summed E-state index contributed by atoms with van der Waals surface area (Å²) in [4.78, 5) is 34.7. The third-order valence-corrected chi connectivity index (χ3v) is 3.66. The fraction of sp³-hybridized carbons (Fsp3) is 0.600. The van der Waals surface area contributed by atoms with Gasteiger partial charge in [0, 0.05) is 30.9 Å². The van der Waals surface area contributed by atoms with E-state index in [9.17, 15) is 9.59 Å². The number of aliphatic imine (C=N–C) groups is 1. The van der Waals surface area contributed by atoms with Crippen LogP contribution in [0.5, 0.6) is 0 Å². The van der Waals surface area contributed by atoms with Gasteiger partial charge in [-0.3, -0.25) is 4.98 Å². The summed E-state index contributed by atoms with van der Waals surface area (Å²) >= 11 is 0. The van der Waals surface area contributed by atoms with Crippen molar-refractivity contribution in [3.63, 3.8) is 0 Å². The summed E-state index contributed by atoms with van der Waals surface area (Å²) in [5.74, 6) is 0.460. The molecule has 2 amide bonds. The molecule has 1 aliphatic heterocycles. The van der Waals surface area contributed by atoms with Gasteiger partial charge in [-0.2, -0.15) is 5.11 Å². The van der Waals surface area contributed by atoms with Crippen LogP contribution in [0.2, 0.25) is 0 Å². The average molecular weight is 403 g/mol. The minimum atomic E-state index is -0.909. The summed E-state index contributed by atoms with van der Waals surface area (Å²) in [6.07, 6.45) is 2.02. The number of aromatic nitrogens is 1. The number of pyridine rings is 1. The van der Waals surface area contributed by atoms with Crippen molar-refractivity contribution in [1.29, 1.82) is 0 Å². The quantitative estimate of drug-likeness (QED) is 0.732. The molecular weight excluding hydrogens is 374 g/mol. The molecule has 0 aromatic carbocycles. The molecule has 0 aliphatic carbocycles. The van der Waals surface area contributed by atoms with E-state index < -0.39 is 29.1 Å². The van der Waals surface area contributed by atoms with Crippen LogP contribution in [0.4, 0.5) is 9.59 Å². The van der Waals surface area contributed by atoms with Crippen molar-refractivity contribution in [1.82, 2.24) is 9.88 Å². The van der Waals surface area contributed by atoms with Crippen molar-refractivity contribution >= 4 is 18.0 Å². The third kappa shape index (κ3) is 6.92. The second-order valence-corrected chi connectivity index (χ2v) is 8.96. The van der Waals surface area contributed by atoms with E-state index in [0.717, 1.165) is 10.5 Å². The molecule has 9 nitrogen and oxygen atoms in total. The zero-order valence-corrected chi connectivity index (χ0v) is 18.1. The molecule has 1 unspecified atom stereocenters. The van der Waals surface area contributed by atoms with Crippen LogP contribution in [0.3, 0.4) is 0 Å². The van der Waals surface area contributed by atoms with Gasteiger partial charge in [0.2, 0.25) is 0 Å². The van der Waals surface area contributed by atoms with E-state index in [4.69, 9.17) is 9.47 Å². The van der Waals surface area contributed by atoms with Crippen LogP contribution >= 0.6 is 0 Å². The first-order valence-corrected chi connectivity index (χ1v) is 9.45.